The Morgan fingerprint density at radius 3 is 2.62 bits per heavy atom. The lowest BCUT2D eigenvalue weighted by atomic mass is 9.95. The summed E-state index contributed by atoms with van der Waals surface area (Å²) in [6.07, 6.45) is 3.73. The molecule has 0 radical (unpaired) electrons. The van der Waals surface area contributed by atoms with Crippen LogP contribution in [0.2, 0.25) is 0 Å². The van der Waals surface area contributed by atoms with Crippen molar-refractivity contribution in [3.63, 3.8) is 0 Å². The molecule has 2 aliphatic heterocycles. The van der Waals surface area contributed by atoms with E-state index in [1.807, 2.05) is 46.0 Å². The average Bonchev–Trinajstić information content (AvgIpc) is 3.56. The van der Waals surface area contributed by atoms with Gasteiger partial charge in [-0.3, -0.25) is 14.2 Å². The summed E-state index contributed by atoms with van der Waals surface area (Å²) in [5.41, 5.74) is 2.70. The van der Waals surface area contributed by atoms with Crippen LogP contribution >= 0.6 is 11.3 Å². The van der Waals surface area contributed by atoms with E-state index < -0.39 is 12.0 Å². The summed E-state index contributed by atoms with van der Waals surface area (Å²) in [6, 6.07) is 12.2. The quantitative estimate of drug-likeness (QED) is 0.275. The Morgan fingerprint density at radius 2 is 1.89 bits per heavy atom. The summed E-state index contributed by atoms with van der Waals surface area (Å²) in [4.78, 5) is 47.6. The van der Waals surface area contributed by atoms with E-state index >= 15 is 0 Å². The van der Waals surface area contributed by atoms with Crippen molar-refractivity contribution in [3.05, 3.63) is 90.7 Å². The highest BCUT2D eigenvalue weighted by Gasteiger charge is 2.35. The van der Waals surface area contributed by atoms with Gasteiger partial charge in [0, 0.05) is 47.4 Å². The number of fused-ring (bicyclic) bond motifs is 2. The van der Waals surface area contributed by atoms with Crippen molar-refractivity contribution in [1.29, 1.82) is 0 Å². The second-order valence-corrected chi connectivity index (χ2v) is 11.6. The molecule has 1 saturated heterocycles. The molecule has 234 valence electrons. The van der Waals surface area contributed by atoms with Gasteiger partial charge >= 0.3 is 5.97 Å². The number of morpholine rings is 1. The molecule has 0 N–H and O–H groups in total. The number of hydrogen-bond donors (Lipinski definition) is 0. The standard InChI is InChI=1S/C33H34N4O7S/c1-5-44-32(40)29-20(2)34-33-37(30(29)24-11-10-22(41-3)17-26(24)42-4)31(39)27(45-33)16-21-18-36(25-9-7-6-8-23(21)25)19-28(38)35-12-14-43-15-13-35/h6-11,16-18,30H,5,12-15,19H2,1-4H3/b27-16+/t30-/m0/s1. The second-order valence-electron chi connectivity index (χ2n) is 10.6. The zero-order valence-corrected chi connectivity index (χ0v) is 26.4. The number of esters is 1. The Balaban J connectivity index is 1.49. The number of para-hydroxylation sites is 1. The lowest BCUT2D eigenvalue weighted by molar-refractivity contribution is -0.139. The van der Waals surface area contributed by atoms with Gasteiger partial charge in [0.2, 0.25) is 5.91 Å². The molecule has 11 nitrogen and oxygen atoms in total. The maximum Gasteiger partial charge on any atom is 0.338 e. The molecule has 12 heteroatoms. The lowest BCUT2D eigenvalue weighted by Gasteiger charge is -2.27. The number of nitrogens with zero attached hydrogens (tertiary/aromatic N) is 4. The third-order valence-corrected chi connectivity index (χ3v) is 9.01. The van der Waals surface area contributed by atoms with Crippen LogP contribution in [0.15, 0.2) is 69.7 Å². The first-order valence-corrected chi connectivity index (χ1v) is 15.5. The Labute approximate surface area is 263 Å². The van der Waals surface area contributed by atoms with Crippen LogP contribution in [0.5, 0.6) is 11.5 Å². The number of ether oxygens (including phenoxy) is 4. The minimum Gasteiger partial charge on any atom is -0.497 e. The van der Waals surface area contributed by atoms with Gasteiger partial charge in [-0.25, -0.2) is 9.79 Å². The molecule has 0 saturated carbocycles. The summed E-state index contributed by atoms with van der Waals surface area (Å²) in [6.45, 7) is 6.02. The van der Waals surface area contributed by atoms with Gasteiger partial charge in [-0.2, -0.15) is 0 Å². The lowest BCUT2D eigenvalue weighted by Crippen LogP contribution is -2.42. The van der Waals surface area contributed by atoms with E-state index in [1.54, 1.807) is 39.2 Å². The Bertz CT molecular complexity index is 2000. The number of thiazole rings is 1. The zero-order chi connectivity index (χ0) is 31.7. The molecular formula is C33H34N4O7S. The zero-order valence-electron chi connectivity index (χ0n) is 25.6. The number of allylic oxidation sites excluding steroid dienone is 1. The number of amides is 1. The molecule has 1 amide bonds. The number of carbonyl (C=O) groups is 2. The summed E-state index contributed by atoms with van der Waals surface area (Å²) < 4.78 is 25.8. The highest BCUT2D eigenvalue weighted by Crippen LogP contribution is 2.37. The molecule has 1 fully saturated rings. The molecule has 1 atom stereocenters. The summed E-state index contributed by atoms with van der Waals surface area (Å²) in [5, 5.41) is 0.912. The van der Waals surface area contributed by atoms with Crippen molar-refractivity contribution in [2.75, 3.05) is 47.1 Å². The Hall–Kier alpha value is -4.68. The Morgan fingerprint density at radius 1 is 1.11 bits per heavy atom. The first-order chi connectivity index (χ1) is 21.8. The van der Waals surface area contributed by atoms with E-state index in [0.717, 1.165) is 16.5 Å². The fourth-order valence-corrected chi connectivity index (χ4v) is 6.89. The van der Waals surface area contributed by atoms with Crippen LogP contribution in [0.4, 0.5) is 0 Å². The molecule has 4 heterocycles. The van der Waals surface area contributed by atoms with Gasteiger partial charge in [0.1, 0.15) is 24.1 Å². The molecule has 6 rings (SSSR count). The maximum absolute atomic E-state index is 14.2. The highest BCUT2D eigenvalue weighted by molar-refractivity contribution is 7.07. The first kappa shape index (κ1) is 30.4. The van der Waals surface area contributed by atoms with Gasteiger partial charge in [0.15, 0.2) is 4.80 Å². The van der Waals surface area contributed by atoms with Crippen LogP contribution in [-0.4, -0.2) is 73.0 Å². The van der Waals surface area contributed by atoms with E-state index in [0.29, 0.717) is 58.4 Å². The van der Waals surface area contributed by atoms with Crippen LogP contribution in [0.3, 0.4) is 0 Å². The molecule has 0 aliphatic carbocycles. The average molecular weight is 631 g/mol. The number of carbonyl (C=O) groups excluding carboxylic acids is 2. The molecule has 2 aliphatic rings. The third kappa shape index (κ3) is 5.67. The van der Waals surface area contributed by atoms with E-state index in [9.17, 15) is 14.4 Å². The minimum atomic E-state index is -0.837. The van der Waals surface area contributed by atoms with Gasteiger partial charge in [-0.05, 0) is 38.1 Å². The summed E-state index contributed by atoms with van der Waals surface area (Å²) in [7, 11) is 3.09. The van der Waals surface area contributed by atoms with Gasteiger partial charge in [-0.1, -0.05) is 29.5 Å². The van der Waals surface area contributed by atoms with E-state index in [1.165, 1.54) is 23.0 Å². The number of aromatic nitrogens is 2. The van der Waals surface area contributed by atoms with Gasteiger partial charge in [-0.15, -0.1) is 0 Å². The van der Waals surface area contributed by atoms with Crippen molar-refractivity contribution in [1.82, 2.24) is 14.0 Å². The van der Waals surface area contributed by atoms with E-state index in [4.69, 9.17) is 18.9 Å². The van der Waals surface area contributed by atoms with Gasteiger partial charge in [0.25, 0.3) is 5.56 Å². The molecular weight excluding hydrogens is 596 g/mol. The molecule has 2 aromatic carbocycles. The number of benzene rings is 2. The van der Waals surface area contributed by atoms with Crippen LogP contribution in [-0.2, 0) is 25.6 Å². The highest BCUT2D eigenvalue weighted by atomic mass is 32.1. The molecule has 0 spiro atoms. The normalized spacial score (nSPS) is 16.8. The largest absolute Gasteiger partial charge is 0.497 e. The molecule has 0 unspecified atom stereocenters. The monoisotopic (exact) mass is 630 g/mol. The maximum atomic E-state index is 14.2. The van der Waals surface area contributed by atoms with E-state index in [2.05, 4.69) is 4.99 Å². The smallest absolute Gasteiger partial charge is 0.338 e. The van der Waals surface area contributed by atoms with E-state index in [-0.39, 0.29) is 30.2 Å². The predicted molar refractivity (Wildman–Crippen MR) is 169 cm³/mol. The fraction of sp³-hybridized carbons (Fsp3) is 0.333. The molecule has 4 aromatic rings. The van der Waals surface area contributed by atoms with Gasteiger partial charge in [0.05, 0.1) is 49.8 Å². The van der Waals surface area contributed by atoms with Crippen LogP contribution in [0.25, 0.3) is 17.0 Å². The second kappa shape index (κ2) is 12.7. The van der Waals surface area contributed by atoms with Crippen molar-refractivity contribution >= 4 is 40.2 Å². The predicted octanol–water partition coefficient (Wildman–Crippen LogP) is 2.63. The Kier molecular flexibility index (Phi) is 8.59. The minimum absolute atomic E-state index is 0.0142. The van der Waals surface area contributed by atoms with Crippen LogP contribution < -0.4 is 24.4 Å². The molecule has 2 aromatic heterocycles. The third-order valence-electron chi connectivity index (χ3n) is 8.03. The number of hydrogen-bond acceptors (Lipinski definition) is 9. The van der Waals surface area contributed by atoms with Crippen molar-refractivity contribution in [3.8, 4) is 11.5 Å². The summed E-state index contributed by atoms with van der Waals surface area (Å²) in [5.74, 6) is 0.493. The molecule has 45 heavy (non-hydrogen) atoms. The number of rotatable bonds is 8. The SMILES string of the molecule is CCOC(=O)C1=C(C)N=c2s/c(=C/c3cn(CC(=O)N4CCOCC4)c4ccccc34)c(=O)n2[C@H]1c1ccc(OC)cc1OC. The first-order valence-electron chi connectivity index (χ1n) is 14.7. The number of methoxy groups -OCH3 is 2. The van der Waals surface area contributed by atoms with Crippen molar-refractivity contribution in [2.45, 2.75) is 26.4 Å². The van der Waals surface area contributed by atoms with Gasteiger partial charge < -0.3 is 28.4 Å². The van der Waals surface area contributed by atoms with Crippen LogP contribution in [0, 0.1) is 0 Å². The summed E-state index contributed by atoms with van der Waals surface area (Å²) >= 11 is 1.24. The van der Waals surface area contributed by atoms with Crippen LogP contribution in [0.1, 0.15) is 31.0 Å². The topological polar surface area (TPSA) is 114 Å². The fourth-order valence-electron chi connectivity index (χ4n) is 5.85. The molecule has 0 bridgehead atoms. The van der Waals surface area contributed by atoms with Crippen molar-refractivity contribution in [2.24, 2.45) is 4.99 Å². The van der Waals surface area contributed by atoms with Crippen molar-refractivity contribution < 1.29 is 28.5 Å².